The SMILES string of the molecule is C=CC(=O)OC1C2C3(COC(C)=O)OC1(COC(C)=O)CC3OS2(=O)=O. The Bertz CT molecular complexity index is 773. The summed E-state index contributed by atoms with van der Waals surface area (Å²) in [4.78, 5) is 34.2. The van der Waals surface area contributed by atoms with Crippen molar-refractivity contribution >= 4 is 28.0 Å². The molecule has 26 heavy (non-hydrogen) atoms. The Balaban J connectivity index is 2.03. The molecule has 0 amide bonds. The molecule has 144 valence electrons. The summed E-state index contributed by atoms with van der Waals surface area (Å²) in [6.45, 7) is 4.89. The van der Waals surface area contributed by atoms with Crippen molar-refractivity contribution in [3.8, 4) is 0 Å². The molecule has 0 aromatic heterocycles. The van der Waals surface area contributed by atoms with Gasteiger partial charge in [-0.05, 0) is 0 Å². The fraction of sp³-hybridized carbons (Fsp3) is 0.667. The van der Waals surface area contributed by atoms with E-state index in [9.17, 15) is 22.8 Å². The van der Waals surface area contributed by atoms with Crippen molar-refractivity contribution in [1.29, 1.82) is 0 Å². The number of esters is 3. The van der Waals surface area contributed by atoms with Crippen LogP contribution in [0, 0.1) is 0 Å². The summed E-state index contributed by atoms with van der Waals surface area (Å²) in [5, 5.41) is -1.42. The Hall–Kier alpha value is -1.98. The highest BCUT2D eigenvalue weighted by Crippen LogP contribution is 2.60. The first-order valence-corrected chi connectivity index (χ1v) is 9.25. The number of hydrogen-bond acceptors (Lipinski definition) is 10. The van der Waals surface area contributed by atoms with Crippen LogP contribution in [0.25, 0.3) is 0 Å². The quantitative estimate of drug-likeness (QED) is 0.246. The van der Waals surface area contributed by atoms with E-state index >= 15 is 0 Å². The Morgan fingerprint density at radius 3 is 2.38 bits per heavy atom. The van der Waals surface area contributed by atoms with E-state index in [4.69, 9.17) is 23.1 Å². The zero-order valence-corrected chi connectivity index (χ0v) is 14.9. The molecule has 0 N–H and O–H groups in total. The number of rotatable bonds is 6. The van der Waals surface area contributed by atoms with Gasteiger partial charge in [0.05, 0.1) is 0 Å². The lowest BCUT2D eigenvalue weighted by Gasteiger charge is -2.33. The third kappa shape index (κ3) is 2.70. The smallest absolute Gasteiger partial charge is 0.330 e. The first kappa shape index (κ1) is 18.8. The van der Waals surface area contributed by atoms with Gasteiger partial charge in [0, 0.05) is 26.3 Å². The maximum atomic E-state index is 12.5. The summed E-state index contributed by atoms with van der Waals surface area (Å²) in [5.74, 6) is -2.12. The molecule has 3 fully saturated rings. The van der Waals surface area contributed by atoms with Gasteiger partial charge in [-0.1, -0.05) is 6.58 Å². The van der Waals surface area contributed by atoms with Crippen molar-refractivity contribution in [2.75, 3.05) is 13.2 Å². The van der Waals surface area contributed by atoms with Crippen LogP contribution in [0.5, 0.6) is 0 Å². The van der Waals surface area contributed by atoms with Gasteiger partial charge in [-0.3, -0.25) is 13.8 Å². The van der Waals surface area contributed by atoms with Crippen molar-refractivity contribution in [2.45, 2.75) is 48.9 Å². The van der Waals surface area contributed by atoms with Gasteiger partial charge in [0.15, 0.2) is 17.0 Å². The van der Waals surface area contributed by atoms with E-state index in [1.54, 1.807) is 0 Å². The fourth-order valence-corrected chi connectivity index (χ4v) is 5.85. The molecule has 11 heteroatoms. The molecule has 3 saturated heterocycles. The van der Waals surface area contributed by atoms with E-state index in [0.29, 0.717) is 0 Å². The van der Waals surface area contributed by atoms with Gasteiger partial charge >= 0.3 is 17.9 Å². The first-order chi connectivity index (χ1) is 12.1. The monoisotopic (exact) mass is 390 g/mol. The van der Waals surface area contributed by atoms with Crippen molar-refractivity contribution in [3.05, 3.63) is 12.7 Å². The van der Waals surface area contributed by atoms with Crippen LogP contribution in [0.4, 0.5) is 0 Å². The average Bonchev–Trinajstić information content (AvgIpc) is 3.03. The number of hydrogen-bond donors (Lipinski definition) is 0. The summed E-state index contributed by atoms with van der Waals surface area (Å²) in [5.41, 5.74) is -2.97. The van der Waals surface area contributed by atoms with Crippen molar-refractivity contribution in [2.24, 2.45) is 0 Å². The van der Waals surface area contributed by atoms with E-state index < -0.39 is 63.3 Å². The van der Waals surface area contributed by atoms with E-state index in [2.05, 4.69) is 6.58 Å². The van der Waals surface area contributed by atoms with Crippen molar-refractivity contribution in [3.63, 3.8) is 0 Å². The zero-order chi connectivity index (χ0) is 19.3. The largest absolute Gasteiger partial charge is 0.463 e. The molecule has 3 aliphatic rings. The predicted molar refractivity (Wildman–Crippen MR) is 82.1 cm³/mol. The molecule has 0 radical (unpaired) electrons. The summed E-state index contributed by atoms with van der Waals surface area (Å²) in [6, 6.07) is 0. The van der Waals surface area contributed by atoms with Gasteiger partial charge in [-0.25, -0.2) is 4.79 Å². The van der Waals surface area contributed by atoms with Gasteiger partial charge in [0.1, 0.15) is 24.9 Å². The third-order valence-electron chi connectivity index (χ3n) is 4.74. The summed E-state index contributed by atoms with van der Waals surface area (Å²) in [7, 11) is -4.19. The minimum absolute atomic E-state index is 0.0215. The van der Waals surface area contributed by atoms with Crippen LogP contribution >= 0.6 is 0 Å². The topological polar surface area (TPSA) is 132 Å². The third-order valence-corrected chi connectivity index (χ3v) is 6.50. The lowest BCUT2D eigenvalue weighted by atomic mass is 9.78. The molecule has 10 nitrogen and oxygen atoms in total. The molecule has 3 aliphatic heterocycles. The standard InChI is InChI=1S/C15H18O10S/c1-4-11(18)23-12-13-15(7-22-9(3)17)10(24-26(13,19)20)5-14(12,25-15)6-21-8(2)16/h4,10,12-13H,1,5-7H2,2-3H3. The minimum atomic E-state index is -4.19. The summed E-state index contributed by atoms with van der Waals surface area (Å²) >= 11 is 0. The summed E-state index contributed by atoms with van der Waals surface area (Å²) < 4.78 is 51.4. The molecule has 2 bridgehead atoms. The van der Waals surface area contributed by atoms with Crippen molar-refractivity contribution in [1.82, 2.24) is 0 Å². The molecule has 0 spiro atoms. The van der Waals surface area contributed by atoms with Gasteiger partial charge in [-0.15, -0.1) is 0 Å². The Labute approximate surface area is 149 Å². The van der Waals surface area contributed by atoms with E-state index in [-0.39, 0.29) is 13.0 Å². The second kappa shape index (κ2) is 6.03. The second-order valence-electron chi connectivity index (χ2n) is 6.45. The van der Waals surface area contributed by atoms with E-state index in [1.807, 2.05) is 0 Å². The molecule has 0 aromatic carbocycles. The Kier molecular flexibility index (Phi) is 4.36. The predicted octanol–water partition coefficient (Wildman–Crippen LogP) is -0.781. The average molecular weight is 390 g/mol. The van der Waals surface area contributed by atoms with Crippen LogP contribution in [0.15, 0.2) is 12.7 Å². The first-order valence-electron chi connectivity index (χ1n) is 7.78. The fourth-order valence-electron chi connectivity index (χ4n) is 3.81. The minimum Gasteiger partial charge on any atom is -0.463 e. The normalized spacial score (nSPS) is 38.6. The molecule has 3 rings (SSSR count). The molecule has 0 aliphatic carbocycles. The Morgan fingerprint density at radius 1 is 1.19 bits per heavy atom. The highest BCUT2D eigenvalue weighted by Gasteiger charge is 2.82. The van der Waals surface area contributed by atoms with Gasteiger partial charge < -0.3 is 18.9 Å². The number of carbonyl (C=O) groups is 3. The van der Waals surface area contributed by atoms with Crippen LogP contribution in [0.1, 0.15) is 20.3 Å². The van der Waals surface area contributed by atoms with Crippen LogP contribution in [-0.2, 0) is 47.6 Å². The molecule has 0 saturated carbocycles. The van der Waals surface area contributed by atoms with E-state index in [1.165, 1.54) is 13.8 Å². The van der Waals surface area contributed by atoms with Crippen LogP contribution < -0.4 is 0 Å². The van der Waals surface area contributed by atoms with Gasteiger partial charge in [0.25, 0.3) is 10.1 Å². The maximum Gasteiger partial charge on any atom is 0.330 e. The zero-order valence-electron chi connectivity index (χ0n) is 14.1. The lowest BCUT2D eigenvalue weighted by Crippen LogP contribution is -2.57. The summed E-state index contributed by atoms with van der Waals surface area (Å²) in [6.07, 6.45) is -1.41. The van der Waals surface area contributed by atoms with Crippen LogP contribution in [-0.4, -0.2) is 68.2 Å². The highest BCUT2D eigenvalue weighted by molar-refractivity contribution is 7.87. The number of ether oxygens (including phenoxy) is 4. The second-order valence-corrected chi connectivity index (χ2v) is 8.13. The molecule has 0 aromatic rings. The molecule has 3 heterocycles. The maximum absolute atomic E-state index is 12.5. The molecular weight excluding hydrogens is 372 g/mol. The van der Waals surface area contributed by atoms with E-state index in [0.717, 1.165) is 6.08 Å². The van der Waals surface area contributed by atoms with Crippen LogP contribution in [0.2, 0.25) is 0 Å². The lowest BCUT2D eigenvalue weighted by molar-refractivity contribution is -0.171. The number of fused-ring (bicyclic) bond motifs is 1. The molecule has 5 unspecified atom stereocenters. The number of carbonyl (C=O) groups excluding carboxylic acids is 3. The van der Waals surface area contributed by atoms with Crippen LogP contribution in [0.3, 0.4) is 0 Å². The highest BCUT2D eigenvalue weighted by atomic mass is 32.2. The Morgan fingerprint density at radius 2 is 1.81 bits per heavy atom. The molecule has 5 atom stereocenters. The van der Waals surface area contributed by atoms with Crippen molar-refractivity contribution < 1.29 is 45.9 Å². The van der Waals surface area contributed by atoms with Gasteiger partial charge in [0.2, 0.25) is 0 Å². The van der Waals surface area contributed by atoms with Gasteiger partial charge in [-0.2, -0.15) is 8.42 Å². The molecular formula is C15H18O10S.